The summed E-state index contributed by atoms with van der Waals surface area (Å²) >= 11 is 0. The summed E-state index contributed by atoms with van der Waals surface area (Å²) in [5.74, 6) is -3.07. The lowest BCUT2D eigenvalue weighted by Crippen LogP contribution is -2.48. The van der Waals surface area contributed by atoms with Gasteiger partial charge in [0.05, 0.1) is 7.11 Å². The molecule has 1 amide bonds. The Morgan fingerprint density at radius 3 is 2.25 bits per heavy atom. The first kappa shape index (κ1) is 12.1. The molecule has 0 aliphatic carbocycles. The average Bonchev–Trinajstić information content (AvgIpc) is 2.27. The first-order valence-corrected chi connectivity index (χ1v) is 4.29. The molecule has 0 aliphatic rings. The van der Waals surface area contributed by atoms with Crippen LogP contribution in [0.2, 0.25) is 0 Å². The van der Waals surface area contributed by atoms with Crippen LogP contribution in [-0.4, -0.2) is 24.1 Å². The molecule has 5 nitrogen and oxygen atoms in total. The lowest BCUT2D eigenvalue weighted by Gasteiger charge is -2.21. The Kier molecular flexibility index (Phi) is 3.24. The molecule has 86 valence electrons. The summed E-state index contributed by atoms with van der Waals surface area (Å²) in [5.41, 5.74) is 2.19. The number of hydrogen-bond acceptors (Lipinski definition) is 4. The molecule has 1 atom stereocenters. The van der Waals surface area contributed by atoms with Crippen LogP contribution in [-0.2, 0) is 19.9 Å². The number of benzene rings is 1. The highest BCUT2D eigenvalue weighted by molar-refractivity contribution is 6.05. The van der Waals surface area contributed by atoms with Crippen LogP contribution >= 0.6 is 0 Å². The fraction of sp³-hybridized carbons (Fsp3) is 0.200. The fourth-order valence-electron chi connectivity index (χ4n) is 1.20. The minimum Gasteiger partial charge on any atom is -0.466 e. The lowest BCUT2D eigenvalue weighted by molar-refractivity contribution is -0.169. The van der Waals surface area contributed by atoms with Crippen molar-refractivity contribution in [3.63, 3.8) is 0 Å². The van der Waals surface area contributed by atoms with Crippen molar-refractivity contribution in [2.75, 3.05) is 7.11 Å². The van der Waals surface area contributed by atoms with Gasteiger partial charge in [-0.25, -0.2) is 9.18 Å². The highest BCUT2D eigenvalue weighted by Crippen LogP contribution is 2.22. The molecule has 6 heteroatoms. The van der Waals surface area contributed by atoms with Crippen LogP contribution < -0.4 is 5.73 Å². The second-order valence-corrected chi connectivity index (χ2v) is 3.07. The number of halogens is 1. The van der Waals surface area contributed by atoms with Gasteiger partial charge in [0.25, 0.3) is 11.5 Å². The van der Waals surface area contributed by atoms with E-state index in [0.29, 0.717) is 0 Å². The van der Waals surface area contributed by atoms with Gasteiger partial charge in [-0.05, 0) is 12.1 Å². The molecule has 0 spiro atoms. The third kappa shape index (κ3) is 1.87. The Hall–Kier alpha value is -1.95. The van der Waals surface area contributed by atoms with Gasteiger partial charge in [-0.2, -0.15) is 0 Å². The van der Waals surface area contributed by atoms with Crippen molar-refractivity contribution in [1.29, 1.82) is 0 Å². The number of carbonyl (C=O) groups excluding carboxylic acids is 2. The molecule has 1 aromatic carbocycles. The molecule has 0 heterocycles. The Morgan fingerprint density at radius 1 is 1.38 bits per heavy atom. The molecule has 0 saturated heterocycles. The van der Waals surface area contributed by atoms with Crippen LogP contribution in [0.4, 0.5) is 4.39 Å². The van der Waals surface area contributed by atoms with E-state index in [0.717, 1.165) is 31.4 Å². The molecule has 16 heavy (non-hydrogen) atoms. The number of carbonyl (C=O) groups is 2. The van der Waals surface area contributed by atoms with Gasteiger partial charge < -0.3 is 15.6 Å². The Morgan fingerprint density at radius 2 is 1.88 bits per heavy atom. The van der Waals surface area contributed by atoms with Gasteiger partial charge in [-0.1, -0.05) is 12.1 Å². The smallest absolute Gasteiger partial charge is 0.352 e. The number of ether oxygens (including phenoxy) is 1. The fourth-order valence-corrected chi connectivity index (χ4v) is 1.20. The van der Waals surface area contributed by atoms with Crippen LogP contribution in [0.3, 0.4) is 0 Å². The quantitative estimate of drug-likeness (QED) is 0.546. The average molecular weight is 227 g/mol. The Labute approximate surface area is 90.6 Å². The van der Waals surface area contributed by atoms with Gasteiger partial charge in [0.1, 0.15) is 5.82 Å². The van der Waals surface area contributed by atoms with Crippen LogP contribution in [0.1, 0.15) is 5.56 Å². The number of hydrogen-bond donors (Lipinski definition) is 2. The van der Waals surface area contributed by atoms with E-state index in [1.54, 1.807) is 0 Å². The number of primary amides is 1. The Bertz CT molecular complexity index is 417. The molecule has 0 saturated carbocycles. The van der Waals surface area contributed by atoms with E-state index in [1.165, 1.54) is 0 Å². The summed E-state index contributed by atoms with van der Waals surface area (Å²) in [4.78, 5) is 22.4. The third-order valence-electron chi connectivity index (χ3n) is 2.10. The van der Waals surface area contributed by atoms with Gasteiger partial charge in [0, 0.05) is 5.56 Å². The molecule has 0 unspecified atom stereocenters. The van der Waals surface area contributed by atoms with Crippen LogP contribution in [0.5, 0.6) is 0 Å². The number of methoxy groups -OCH3 is 1. The van der Waals surface area contributed by atoms with Crippen molar-refractivity contribution in [1.82, 2.24) is 0 Å². The van der Waals surface area contributed by atoms with E-state index < -0.39 is 23.3 Å². The molecule has 0 aromatic heterocycles. The van der Waals surface area contributed by atoms with E-state index in [2.05, 4.69) is 4.74 Å². The number of aliphatic hydroxyl groups is 1. The van der Waals surface area contributed by atoms with Crippen molar-refractivity contribution in [2.24, 2.45) is 5.73 Å². The number of amides is 1. The number of esters is 1. The van der Waals surface area contributed by atoms with Crippen molar-refractivity contribution in [3.05, 3.63) is 35.6 Å². The molecule has 1 aromatic rings. The molecule has 0 aliphatic heterocycles. The largest absolute Gasteiger partial charge is 0.466 e. The minimum absolute atomic E-state index is 0.145. The van der Waals surface area contributed by atoms with Crippen molar-refractivity contribution in [2.45, 2.75) is 5.60 Å². The maximum absolute atomic E-state index is 12.6. The van der Waals surface area contributed by atoms with Gasteiger partial charge >= 0.3 is 5.97 Å². The molecular formula is C10H10FNO4. The summed E-state index contributed by atoms with van der Waals surface area (Å²) in [6.07, 6.45) is 0. The molecule has 0 fully saturated rings. The second-order valence-electron chi connectivity index (χ2n) is 3.07. The van der Waals surface area contributed by atoms with Crippen molar-refractivity contribution in [3.8, 4) is 0 Å². The highest BCUT2D eigenvalue weighted by atomic mass is 19.1. The lowest BCUT2D eigenvalue weighted by atomic mass is 9.93. The molecule has 0 bridgehead atoms. The standard InChI is InChI=1S/C10H10FNO4/c1-16-9(14)10(15,8(12)13)6-2-4-7(11)5-3-6/h2-5,15H,1H3,(H2,12,13)/t10-/m0/s1. The topological polar surface area (TPSA) is 89.6 Å². The van der Waals surface area contributed by atoms with Crippen LogP contribution in [0.15, 0.2) is 24.3 Å². The van der Waals surface area contributed by atoms with E-state index in [-0.39, 0.29) is 5.56 Å². The summed E-state index contributed by atoms with van der Waals surface area (Å²) in [5, 5.41) is 9.85. The number of rotatable bonds is 3. The molecule has 3 N–H and O–H groups in total. The summed E-state index contributed by atoms with van der Waals surface area (Å²) in [6, 6.07) is 4.15. The predicted octanol–water partition coefficient (Wildman–Crippen LogP) is -0.328. The first-order valence-electron chi connectivity index (χ1n) is 4.29. The molecule has 0 radical (unpaired) electrons. The van der Waals surface area contributed by atoms with Gasteiger partial charge in [0.2, 0.25) is 0 Å². The van der Waals surface area contributed by atoms with E-state index >= 15 is 0 Å². The zero-order valence-electron chi connectivity index (χ0n) is 8.44. The van der Waals surface area contributed by atoms with E-state index in [9.17, 15) is 19.1 Å². The van der Waals surface area contributed by atoms with Crippen molar-refractivity contribution < 1.29 is 23.8 Å². The van der Waals surface area contributed by atoms with Crippen LogP contribution in [0, 0.1) is 5.82 Å². The van der Waals surface area contributed by atoms with Crippen LogP contribution in [0.25, 0.3) is 0 Å². The SMILES string of the molecule is COC(=O)[C@@](O)(C(N)=O)c1ccc(F)cc1. The predicted molar refractivity (Wildman–Crippen MR) is 51.5 cm³/mol. The maximum atomic E-state index is 12.6. The summed E-state index contributed by atoms with van der Waals surface area (Å²) < 4.78 is 16.9. The molecule has 1 rings (SSSR count). The molecular weight excluding hydrogens is 217 g/mol. The maximum Gasteiger partial charge on any atom is 0.352 e. The minimum atomic E-state index is -2.59. The first-order chi connectivity index (χ1) is 7.42. The second kappa shape index (κ2) is 4.28. The van der Waals surface area contributed by atoms with E-state index in [1.807, 2.05) is 0 Å². The summed E-state index contributed by atoms with van der Waals surface area (Å²) in [6.45, 7) is 0. The zero-order chi connectivity index (χ0) is 12.3. The third-order valence-corrected chi connectivity index (χ3v) is 2.10. The van der Waals surface area contributed by atoms with Gasteiger partial charge in [-0.15, -0.1) is 0 Å². The summed E-state index contributed by atoms with van der Waals surface area (Å²) in [7, 11) is 1.000. The number of nitrogens with two attached hydrogens (primary N) is 1. The van der Waals surface area contributed by atoms with Crippen molar-refractivity contribution >= 4 is 11.9 Å². The monoisotopic (exact) mass is 227 g/mol. The highest BCUT2D eigenvalue weighted by Gasteiger charge is 2.45. The Balaban J connectivity index is 3.27. The van der Waals surface area contributed by atoms with Gasteiger partial charge in [-0.3, -0.25) is 4.79 Å². The normalized spacial score (nSPS) is 13.9. The van der Waals surface area contributed by atoms with Gasteiger partial charge in [0.15, 0.2) is 0 Å². The van der Waals surface area contributed by atoms with E-state index in [4.69, 9.17) is 5.73 Å². The zero-order valence-corrected chi connectivity index (χ0v) is 8.44.